The van der Waals surface area contributed by atoms with Crippen LogP contribution in [0.15, 0.2) is 58.4 Å². The minimum Gasteiger partial charge on any atom is -0.465 e. The second kappa shape index (κ2) is 11.5. The third kappa shape index (κ3) is 6.58. The molecular weight excluding hydrogens is 480 g/mol. The van der Waals surface area contributed by atoms with Crippen LogP contribution in [0, 0.1) is 20.8 Å². The Bertz CT molecular complexity index is 1280. The van der Waals surface area contributed by atoms with E-state index in [9.17, 15) is 23.1 Å². The number of benzene rings is 2. The topological polar surface area (TPSA) is 119 Å². The van der Waals surface area contributed by atoms with Gasteiger partial charge in [0.15, 0.2) is 9.84 Å². The van der Waals surface area contributed by atoms with Gasteiger partial charge >= 0.3 is 6.09 Å². The Kier molecular flexibility index (Phi) is 8.65. The van der Waals surface area contributed by atoms with Crippen molar-refractivity contribution >= 4 is 27.7 Å². The normalized spacial score (nSPS) is 13.8. The van der Waals surface area contributed by atoms with Crippen molar-refractivity contribution < 1.29 is 23.1 Å². The van der Waals surface area contributed by atoms with Gasteiger partial charge in [0.2, 0.25) is 5.91 Å². The first-order valence-corrected chi connectivity index (χ1v) is 13.2. The van der Waals surface area contributed by atoms with Crippen molar-refractivity contribution in [1.29, 1.82) is 0 Å². The fourth-order valence-corrected chi connectivity index (χ4v) is 5.91. The number of carboxylic acid groups (broad SMARTS) is 1. The molecule has 0 aromatic heterocycles. The Morgan fingerprint density at radius 2 is 1.78 bits per heavy atom. The molecule has 9 nitrogen and oxygen atoms in total. The van der Waals surface area contributed by atoms with Gasteiger partial charge in [-0.3, -0.25) is 20.0 Å². The molecule has 0 radical (unpaired) electrons. The number of sulfone groups is 1. The zero-order valence-electron chi connectivity index (χ0n) is 21.0. The number of hydrogen-bond donors (Lipinski definition) is 2. The van der Waals surface area contributed by atoms with Crippen molar-refractivity contribution in [2.45, 2.75) is 32.2 Å². The van der Waals surface area contributed by atoms with Gasteiger partial charge < -0.3 is 10.0 Å². The molecule has 0 bridgehead atoms. The maximum Gasteiger partial charge on any atom is 0.413 e. The largest absolute Gasteiger partial charge is 0.465 e. The average Bonchev–Trinajstić information content (AvgIpc) is 3.28. The highest BCUT2D eigenvalue weighted by molar-refractivity contribution is 7.91. The quantitative estimate of drug-likeness (QED) is 0.394. The molecule has 2 aromatic carbocycles. The summed E-state index contributed by atoms with van der Waals surface area (Å²) < 4.78 is 25.5. The molecule has 2 aromatic rings. The van der Waals surface area contributed by atoms with Crippen molar-refractivity contribution in [3.8, 4) is 0 Å². The first kappa shape index (κ1) is 27.1. The minimum absolute atomic E-state index is 0.217. The van der Waals surface area contributed by atoms with E-state index < -0.39 is 15.9 Å². The number of rotatable bonds is 9. The highest BCUT2D eigenvalue weighted by Gasteiger charge is 2.24. The molecule has 0 spiro atoms. The smallest absolute Gasteiger partial charge is 0.413 e. The van der Waals surface area contributed by atoms with Gasteiger partial charge in [-0.2, -0.15) is 0 Å². The lowest BCUT2D eigenvalue weighted by molar-refractivity contribution is -0.125. The van der Waals surface area contributed by atoms with Crippen molar-refractivity contribution in [1.82, 2.24) is 15.1 Å². The van der Waals surface area contributed by atoms with Crippen molar-refractivity contribution in [2.75, 3.05) is 32.6 Å². The summed E-state index contributed by atoms with van der Waals surface area (Å²) in [4.78, 5) is 31.1. The Morgan fingerprint density at radius 3 is 2.39 bits per heavy atom. The summed E-state index contributed by atoms with van der Waals surface area (Å²) in [5.74, 6) is -0.00178. The van der Waals surface area contributed by atoms with Crippen LogP contribution in [0.5, 0.6) is 0 Å². The molecule has 1 heterocycles. The van der Waals surface area contributed by atoms with Crippen LogP contribution in [-0.4, -0.2) is 73.7 Å². The number of likely N-dealkylation sites (N-methyl/N-ethyl adjacent to an activating group) is 1. The van der Waals surface area contributed by atoms with Crippen LogP contribution in [0.1, 0.15) is 27.8 Å². The second-order valence-corrected chi connectivity index (χ2v) is 10.8. The molecule has 1 aliphatic heterocycles. The highest BCUT2D eigenvalue weighted by Crippen LogP contribution is 2.22. The number of carbonyl (C=O) groups is 2. The molecule has 36 heavy (non-hydrogen) atoms. The summed E-state index contributed by atoms with van der Waals surface area (Å²) in [5.41, 5.74) is 4.07. The van der Waals surface area contributed by atoms with E-state index in [-0.39, 0.29) is 18.3 Å². The number of aliphatic imine (C=N–C) groups is 1. The maximum absolute atomic E-state index is 12.8. The molecule has 0 aliphatic carbocycles. The first-order chi connectivity index (χ1) is 17.0. The maximum atomic E-state index is 12.8. The predicted molar refractivity (Wildman–Crippen MR) is 139 cm³/mol. The van der Waals surface area contributed by atoms with E-state index in [4.69, 9.17) is 0 Å². The molecule has 1 aliphatic rings. The Hall–Kier alpha value is -3.50. The van der Waals surface area contributed by atoms with E-state index >= 15 is 0 Å². The summed E-state index contributed by atoms with van der Waals surface area (Å²) in [5, 5.41) is 12.1. The van der Waals surface area contributed by atoms with E-state index in [1.54, 1.807) is 39.1 Å². The van der Waals surface area contributed by atoms with Gasteiger partial charge in [0.05, 0.1) is 18.0 Å². The van der Waals surface area contributed by atoms with Gasteiger partial charge in [0, 0.05) is 31.8 Å². The molecular formula is C26H32N4O5S. The van der Waals surface area contributed by atoms with Crippen LogP contribution < -0.4 is 5.32 Å². The van der Waals surface area contributed by atoms with Crippen LogP contribution in [0.25, 0.3) is 0 Å². The summed E-state index contributed by atoms with van der Waals surface area (Å²) in [7, 11) is -1.82. The molecule has 0 atom stereocenters. The zero-order valence-corrected chi connectivity index (χ0v) is 21.8. The molecule has 2 amide bonds. The molecule has 10 heteroatoms. The van der Waals surface area contributed by atoms with E-state index in [1.165, 1.54) is 15.9 Å². The average molecular weight is 513 g/mol. The van der Waals surface area contributed by atoms with Crippen LogP contribution in [-0.2, 0) is 21.2 Å². The predicted octanol–water partition coefficient (Wildman–Crippen LogP) is 2.89. The minimum atomic E-state index is -3.50. The van der Waals surface area contributed by atoms with Crippen LogP contribution >= 0.6 is 0 Å². The molecule has 2 N–H and O–H groups in total. The summed E-state index contributed by atoms with van der Waals surface area (Å²) in [6.07, 6.45) is 1.99. The van der Waals surface area contributed by atoms with E-state index in [0.29, 0.717) is 35.9 Å². The third-order valence-electron chi connectivity index (χ3n) is 5.81. The summed E-state index contributed by atoms with van der Waals surface area (Å²) in [6.45, 7) is 6.92. The lowest BCUT2D eigenvalue weighted by Gasteiger charge is -2.17. The standard InChI is InChI=1S/C26H32N4O5S/c1-18-14-19(2)24(20(3)15-18)36(34,35)17-27-11-5-6-23(31)29(4)16-21-7-9-22(10-8-21)25-28-12-13-30(25)26(32)33/h5-10,14-15,27H,11-13,16-17H2,1-4H3,(H,32,33). The third-order valence-corrected chi connectivity index (χ3v) is 7.66. The number of nitrogens with zero attached hydrogens (tertiary/aromatic N) is 3. The molecule has 0 fully saturated rings. The number of amidine groups is 1. The summed E-state index contributed by atoms with van der Waals surface area (Å²) in [6, 6.07) is 11.0. The fourth-order valence-electron chi connectivity index (χ4n) is 4.28. The van der Waals surface area contributed by atoms with Crippen molar-refractivity contribution in [3.63, 3.8) is 0 Å². The number of nitrogens with one attached hydrogen (secondary N) is 1. The first-order valence-electron chi connectivity index (χ1n) is 11.6. The molecule has 0 unspecified atom stereocenters. The van der Waals surface area contributed by atoms with Gasteiger partial charge in [0.25, 0.3) is 0 Å². The molecule has 3 rings (SSSR count). The van der Waals surface area contributed by atoms with E-state index in [2.05, 4.69) is 10.3 Å². The fraction of sp³-hybridized carbons (Fsp3) is 0.346. The number of hydrogen-bond acceptors (Lipinski definition) is 6. The molecule has 0 saturated heterocycles. The highest BCUT2D eigenvalue weighted by atomic mass is 32.2. The zero-order chi connectivity index (χ0) is 26.5. The van der Waals surface area contributed by atoms with Gasteiger partial charge in [-0.1, -0.05) is 48.0 Å². The number of aryl methyl sites for hydroxylation is 3. The van der Waals surface area contributed by atoms with Crippen LogP contribution in [0.3, 0.4) is 0 Å². The Balaban J connectivity index is 1.49. The monoisotopic (exact) mass is 512 g/mol. The van der Waals surface area contributed by atoms with E-state index in [1.807, 2.05) is 31.2 Å². The van der Waals surface area contributed by atoms with Crippen molar-refractivity contribution in [2.24, 2.45) is 4.99 Å². The van der Waals surface area contributed by atoms with Gasteiger partial charge in [-0.15, -0.1) is 0 Å². The summed E-state index contributed by atoms with van der Waals surface area (Å²) >= 11 is 0. The lowest BCUT2D eigenvalue weighted by atomic mass is 10.1. The Morgan fingerprint density at radius 1 is 1.14 bits per heavy atom. The SMILES string of the molecule is Cc1cc(C)c(S(=O)(=O)CNCC=CC(=O)N(C)Cc2ccc(C3=NCCN3C(=O)O)cc2)c(C)c1. The van der Waals surface area contributed by atoms with Gasteiger partial charge in [-0.05, 0) is 37.5 Å². The Labute approximate surface area is 212 Å². The van der Waals surface area contributed by atoms with E-state index in [0.717, 1.165) is 22.3 Å². The lowest BCUT2D eigenvalue weighted by Crippen LogP contribution is -2.33. The van der Waals surface area contributed by atoms with Gasteiger partial charge in [-0.25, -0.2) is 13.2 Å². The molecule has 0 saturated carbocycles. The van der Waals surface area contributed by atoms with Crippen molar-refractivity contribution in [3.05, 3.63) is 76.4 Å². The van der Waals surface area contributed by atoms with Crippen LogP contribution in [0.2, 0.25) is 0 Å². The van der Waals surface area contributed by atoms with Crippen LogP contribution in [0.4, 0.5) is 4.79 Å². The van der Waals surface area contributed by atoms with Gasteiger partial charge in [0.1, 0.15) is 11.7 Å². The molecule has 192 valence electrons. The second-order valence-electron chi connectivity index (χ2n) is 8.87. The number of amides is 2. The number of carbonyl (C=O) groups excluding carboxylic acids is 1.